The molecule has 6 aromatic rings. The summed E-state index contributed by atoms with van der Waals surface area (Å²) >= 11 is 1.83. The van der Waals surface area contributed by atoms with Crippen LogP contribution in [-0.4, -0.2) is 21.6 Å². The van der Waals surface area contributed by atoms with Crippen molar-refractivity contribution in [2.75, 3.05) is 6.61 Å². The van der Waals surface area contributed by atoms with Crippen molar-refractivity contribution in [1.82, 2.24) is 15.0 Å². The number of H-pyrrole nitrogens is 1. The Morgan fingerprint density at radius 3 is 2.67 bits per heavy atom. The number of benzene rings is 3. The number of fused-ring (bicyclic) bond motifs is 10. The zero-order valence-electron chi connectivity index (χ0n) is 22.6. The van der Waals surface area contributed by atoms with Crippen molar-refractivity contribution in [3.8, 4) is 16.2 Å². The van der Waals surface area contributed by atoms with Gasteiger partial charge in [-0.2, -0.15) is 0 Å². The highest BCUT2D eigenvalue weighted by Gasteiger charge is 2.27. The molecule has 0 radical (unpaired) electrons. The second-order valence-electron chi connectivity index (χ2n) is 11.5. The molecule has 0 spiro atoms. The highest BCUT2D eigenvalue weighted by molar-refractivity contribution is 7.22. The van der Waals surface area contributed by atoms with Crippen LogP contribution in [0.2, 0.25) is 0 Å². The summed E-state index contributed by atoms with van der Waals surface area (Å²) in [7, 11) is 0. The molecule has 0 saturated heterocycles. The van der Waals surface area contributed by atoms with Gasteiger partial charge in [0.25, 0.3) is 0 Å². The first kappa shape index (κ1) is 23.0. The second kappa shape index (κ2) is 8.27. The summed E-state index contributed by atoms with van der Waals surface area (Å²) in [6.07, 6.45) is 5.28. The van der Waals surface area contributed by atoms with E-state index in [1.54, 1.807) is 0 Å². The number of nitrogens with one attached hydrogen (secondary N) is 1. The molecule has 0 atom stereocenters. The maximum Gasteiger partial charge on any atom is 0.145 e. The first-order valence-electron chi connectivity index (χ1n) is 13.8. The normalized spacial score (nSPS) is 15.2. The molecule has 5 heteroatoms. The molecule has 0 unspecified atom stereocenters. The lowest BCUT2D eigenvalue weighted by molar-refractivity contribution is 0.355. The number of allylic oxidation sites excluding steroid dienone is 2. The number of rotatable bonds is 3. The van der Waals surface area contributed by atoms with Crippen LogP contribution in [0.1, 0.15) is 51.4 Å². The van der Waals surface area contributed by atoms with E-state index in [-0.39, 0.29) is 0 Å². The van der Waals surface area contributed by atoms with Gasteiger partial charge in [0.2, 0.25) is 0 Å². The van der Waals surface area contributed by atoms with Crippen molar-refractivity contribution in [1.29, 1.82) is 0 Å². The predicted octanol–water partition coefficient (Wildman–Crippen LogP) is 9.40. The first-order valence-corrected chi connectivity index (χ1v) is 14.6. The Kier molecular flexibility index (Phi) is 4.87. The SMILES string of the molecule is CC(C)C1=CC2=C(C1)c1ccc3cc(-c4ccc5c(c4)c4ncccc4c4nc(C(C)C)[nH]c54)sc3c1OC2. The minimum Gasteiger partial charge on any atom is -0.487 e. The monoisotopic (exact) mass is 527 g/mol. The van der Waals surface area contributed by atoms with E-state index in [4.69, 9.17) is 14.7 Å². The molecule has 0 amide bonds. The molecule has 0 fully saturated rings. The van der Waals surface area contributed by atoms with Crippen LogP contribution in [0.4, 0.5) is 0 Å². The highest BCUT2D eigenvalue weighted by atomic mass is 32.1. The highest BCUT2D eigenvalue weighted by Crippen LogP contribution is 2.49. The van der Waals surface area contributed by atoms with E-state index in [2.05, 4.69) is 81.2 Å². The predicted molar refractivity (Wildman–Crippen MR) is 164 cm³/mol. The molecule has 0 saturated carbocycles. The van der Waals surface area contributed by atoms with E-state index in [9.17, 15) is 0 Å². The van der Waals surface area contributed by atoms with Crippen LogP contribution in [0, 0.1) is 5.92 Å². The van der Waals surface area contributed by atoms with Crippen molar-refractivity contribution < 1.29 is 4.74 Å². The number of imidazole rings is 1. The third-order valence-corrected chi connectivity index (χ3v) is 9.57. The zero-order valence-corrected chi connectivity index (χ0v) is 23.4. The Hall–Kier alpha value is -3.96. The van der Waals surface area contributed by atoms with Gasteiger partial charge < -0.3 is 9.72 Å². The lowest BCUT2D eigenvalue weighted by Gasteiger charge is -2.20. The van der Waals surface area contributed by atoms with E-state index in [1.807, 2.05) is 23.6 Å². The van der Waals surface area contributed by atoms with Gasteiger partial charge in [0.1, 0.15) is 18.2 Å². The Morgan fingerprint density at radius 1 is 0.923 bits per heavy atom. The van der Waals surface area contributed by atoms with E-state index in [0.29, 0.717) is 18.4 Å². The molecule has 2 aliphatic rings. The fourth-order valence-electron chi connectivity index (χ4n) is 6.18. The molecule has 3 aromatic carbocycles. The maximum atomic E-state index is 6.41. The summed E-state index contributed by atoms with van der Waals surface area (Å²) in [6, 6.07) is 17.7. The molecule has 1 aliphatic heterocycles. The molecule has 1 aliphatic carbocycles. The van der Waals surface area contributed by atoms with Gasteiger partial charge in [0, 0.05) is 38.7 Å². The summed E-state index contributed by atoms with van der Waals surface area (Å²) in [5, 5.41) is 4.64. The third-order valence-electron chi connectivity index (χ3n) is 8.37. The van der Waals surface area contributed by atoms with Crippen LogP contribution in [0.25, 0.3) is 58.8 Å². The number of aromatic nitrogens is 3. The van der Waals surface area contributed by atoms with Crippen molar-refractivity contribution in [3.05, 3.63) is 83.3 Å². The number of ether oxygens (including phenoxy) is 1. The lowest BCUT2D eigenvalue weighted by Crippen LogP contribution is -2.08. The van der Waals surface area contributed by atoms with E-state index >= 15 is 0 Å². The molecule has 4 nitrogen and oxygen atoms in total. The van der Waals surface area contributed by atoms with Crippen LogP contribution in [-0.2, 0) is 0 Å². The summed E-state index contributed by atoms with van der Waals surface area (Å²) in [4.78, 5) is 14.6. The van der Waals surface area contributed by atoms with E-state index in [0.717, 1.165) is 50.7 Å². The number of hydrogen-bond donors (Lipinski definition) is 1. The molecule has 192 valence electrons. The zero-order chi connectivity index (χ0) is 26.4. The van der Waals surface area contributed by atoms with Crippen LogP contribution in [0.15, 0.2) is 72.0 Å². The number of nitrogens with zero attached hydrogens (tertiary/aromatic N) is 2. The average molecular weight is 528 g/mol. The smallest absolute Gasteiger partial charge is 0.145 e. The Labute approximate surface area is 231 Å². The second-order valence-corrected chi connectivity index (χ2v) is 12.5. The summed E-state index contributed by atoms with van der Waals surface area (Å²) < 4.78 is 7.65. The van der Waals surface area contributed by atoms with Crippen LogP contribution >= 0.6 is 11.3 Å². The van der Waals surface area contributed by atoms with Crippen LogP contribution < -0.4 is 4.74 Å². The van der Waals surface area contributed by atoms with E-state index in [1.165, 1.54) is 42.8 Å². The quantitative estimate of drug-likeness (QED) is 0.233. The van der Waals surface area contributed by atoms with Crippen molar-refractivity contribution >= 4 is 59.7 Å². The van der Waals surface area contributed by atoms with Crippen LogP contribution in [0.5, 0.6) is 5.75 Å². The fraction of sp³-hybridized carbons (Fsp3) is 0.235. The first-order chi connectivity index (χ1) is 19.0. The van der Waals surface area contributed by atoms with Gasteiger partial charge in [-0.05, 0) is 58.7 Å². The van der Waals surface area contributed by atoms with Gasteiger partial charge in [-0.3, -0.25) is 4.98 Å². The van der Waals surface area contributed by atoms with Crippen molar-refractivity contribution in [2.45, 2.75) is 40.0 Å². The largest absolute Gasteiger partial charge is 0.487 e. The van der Waals surface area contributed by atoms with Gasteiger partial charge in [-0.1, -0.05) is 63.6 Å². The average Bonchev–Trinajstić information content (AvgIpc) is 3.69. The molecular formula is C34H29N3OS. The Balaban J connectivity index is 1.29. The minimum atomic E-state index is 0.328. The Bertz CT molecular complexity index is 2050. The van der Waals surface area contributed by atoms with E-state index < -0.39 is 0 Å². The third kappa shape index (κ3) is 3.36. The van der Waals surface area contributed by atoms with Gasteiger partial charge in [-0.25, -0.2) is 4.98 Å². The van der Waals surface area contributed by atoms with Crippen molar-refractivity contribution in [3.63, 3.8) is 0 Å². The summed E-state index contributed by atoms with van der Waals surface area (Å²) in [5.74, 6) is 2.95. The number of aromatic amines is 1. The number of thiophene rings is 1. The van der Waals surface area contributed by atoms with Gasteiger partial charge in [0.15, 0.2) is 0 Å². The molecule has 0 bridgehead atoms. The summed E-state index contributed by atoms with van der Waals surface area (Å²) in [5.41, 5.74) is 9.87. The minimum absolute atomic E-state index is 0.328. The summed E-state index contributed by atoms with van der Waals surface area (Å²) in [6.45, 7) is 9.57. The van der Waals surface area contributed by atoms with Gasteiger partial charge in [0.05, 0.1) is 21.3 Å². The topological polar surface area (TPSA) is 50.8 Å². The molecule has 8 rings (SSSR count). The number of hydrogen-bond acceptors (Lipinski definition) is 4. The lowest BCUT2D eigenvalue weighted by atomic mass is 9.94. The van der Waals surface area contributed by atoms with Gasteiger partial charge >= 0.3 is 0 Å². The maximum absolute atomic E-state index is 6.41. The van der Waals surface area contributed by atoms with Gasteiger partial charge in [-0.15, -0.1) is 11.3 Å². The molecular weight excluding hydrogens is 498 g/mol. The number of pyridine rings is 1. The Morgan fingerprint density at radius 2 is 1.82 bits per heavy atom. The molecule has 39 heavy (non-hydrogen) atoms. The fourth-order valence-corrected chi connectivity index (χ4v) is 7.33. The van der Waals surface area contributed by atoms with Crippen molar-refractivity contribution in [2.24, 2.45) is 5.92 Å². The standard InChI is InChI=1S/C34H29N3OS/c1-17(2)21-12-22-16-38-32-24(26(22)14-21)10-8-20-15-28(39-33(20)32)19-7-9-23-27(13-19)29-25(6-5-11-35-29)31-30(23)36-34(37-31)18(3)4/h5-13,15,17-18H,14,16H2,1-4H3,(H,36,37). The molecule has 3 aromatic heterocycles. The molecule has 4 heterocycles. The van der Waals surface area contributed by atoms with Crippen LogP contribution in [0.3, 0.4) is 0 Å². The molecule has 1 N–H and O–H groups in total.